The Kier molecular flexibility index (Phi) is 5.57. The summed E-state index contributed by atoms with van der Waals surface area (Å²) in [5.41, 5.74) is 0.910. The second kappa shape index (κ2) is 7.39. The quantitative estimate of drug-likeness (QED) is 0.540. The molecule has 4 fully saturated rings. The van der Waals surface area contributed by atoms with Crippen molar-refractivity contribution in [3.05, 3.63) is 0 Å². The van der Waals surface area contributed by atoms with E-state index in [9.17, 15) is 9.67 Å². The molecule has 0 spiro atoms. The average molecular weight is 393 g/mol. The average Bonchev–Trinajstić information content (AvgIpc) is 3.01. The maximum atomic E-state index is 11.5. The fourth-order valence-corrected chi connectivity index (χ4v) is 9.49. The lowest BCUT2D eigenvalue weighted by Gasteiger charge is -2.62. The first-order valence-electron chi connectivity index (χ1n) is 11.9. The number of hydrogen-bond acceptors (Lipinski definition) is 2. The first kappa shape index (κ1) is 20.3. The van der Waals surface area contributed by atoms with Gasteiger partial charge in [-0.05, 0) is 97.7 Å². The largest absolute Gasteiger partial charge is 0.393 e. The fourth-order valence-electron chi connectivity index (χ4n) is 8.91. The van der Waals surface area contributed by atoms with Gasteiger partial charge in [0, 0.05) is 5.66 Å². The highest BCUT2D eigenvalue weighted by Gasteiger charge is 2.63. The van der Waals surface area contributed by atoms with Crippen molar-refractivity contribution in [2.75, 3.05) is 0 Å². The molecule has 10 atom stereocenters. The summed E-state index contributed by atoms with van der Waals surface area (Å²) in [5.74, 6) is 4.41. The van der Waals surface area contributed by atoms with Gasteiger partial charge in [0.15, 0.2) is 8.46 Å². The highest BCUT2D eigenvalue weighted by molar-refractivity contribution is 7.24. The van der Waals surface area contributed by atoms with Gasteiger partial charge in [-0.25, -0.2) is 0 Å². The molecule has 4 aliphatic rings. The molecule has 3 heteroatoms. The molecule has 0 bridgehead atoms. The van der Waals surface area contributed by atoms with E-state index in [1.54, 1.807) is 0 Å². The van der Waals surface area contributed by atoms with E-state index in [-0.39, 0.29) is 11.5 Å². The summed E-state index contributed by atoms with van der Waals surface area (Å²) in [7, 11) is 0.369. The summed E-state index contributed by atoms with van der Waals surface area (Å²) >= 11 is 0. The van der Waals surface area contributed by atoms with Gasteiger partial charge >= 0.3 is 0 Å². The third-order valence-electron chi connectivity index (χ3n) is 10.4. The van der Waals surface area contributed by atoms with Crippen LogP contribution in [0.2, 0.25) is 0 Å². The molecule has 4 saturated carbocycles. The number of hydrogen-bond donors (Lipinski definition) is 1. The van der Waals surface area contributed by atoms with Crippen LogP contribution < -0.4 is 0 Å². The van der Waals surface area contributed by atoms with Crippen LogP contribution in [0.4, 0.5) is 0 Å². The molecular formula is C24H41O2P. The zero-order valence-corrected chi connectivity index (χ0v) is 18.9. The highest BCUT2D eigenvalue weighted by Crippen LogP contribution is 2.68. The van der Waals surface area contributed by atoms with Crippen molar-refractivity contribution in [3.63, 3.8) is 0 Å². The summed E-state index contributed by atoms with van der Waals surface area (Å²) in [4.78, 5) is 0. The van der Waals surface area contributed by atoms with Crippen molar-refractivity contribution < 1.29 is 9.67 Å². The van der Waals surface area contributed by atoms with Gasteiger partial charge in [0.25, 0.3) is 0 Å². The lowest BCUT2D eigenvalue weighted by Crippen LogP contribution is -2.58. The highest BCUT2D eigenvalue weighted by atomic mass is 31.1. The number of rotatable bonds is 4. The van der Waals surface area contributed by atoms with Crippen molar-refractivity contribution >= 4 is 8.46 Å². The van der Waals surface area contributed by atoms with E-state index >= 15 is 0 Å². The minimum Gasteiger partial charge on any atom is -0.393 e. The minimum atomic E-state index is -0.124. The molecule has 0 radical (unpaired) electrons. The molecule has 27 heavy (non-hydrogen) atoms. The van der Waals surface area contributed by atoms with E-state index in [4.69, 9.17) is 0 Å². The third kappa shape index (κ3) is 2.99. The SMILES string of the molecule is CCC[C@@H](C)[C@H]1CCC2C3CCC4C[C@H](P=O)CC[C@]4(C)C3C[C@H](O)[C@@]21C. The number of aliphatic hydroxyl groups excluding tert-OH is 1. The lowest BCUT2D eigenvalue weighted by molar-refractivity contribution is -0.167. The van der Waals surface area contributed by atoms with Gasteiger partial charge in [0.2, 0.25) is 0 Å². The summed E-state index contributed by atoms with van der Waals surface area (Å²) in [6.07, 6.45) is 12.3. The van der Waals surface area contributed by atoms with E-state index in [2.05, 4.69) is 27.7 Å². The van der Waals surface area contributed by atoms with Crippen molar-refractivity contribution in [1.82, 2.24) is 0 Å². The smallest absolute Gasteiger partial charge is 0.158 e. The second-order valence-corrected chi connectivity index (χ2v) is 12.2. The normalized spacial score (nSPS) is 53.4. The maximum Gasteiger partial charge on any atom is 0.158 e. The minimum absolute atomic E-state index is 0.124. The standard InChI is InChI=1S/C24H41O2P/c1-5-6-15(2)19-9-10-20-18-8-7-16-13-17(27-26)11-12-23(16,3)21(18)14-22(25)24(19,20)4/h15-22,25H,5-14H2,1-4H3/t15-,16?,17-,18?,19-,20?,21?,22+,23+,24-/m1/s1. The fraction of sp³-hybridized carbons (Fsp3) is 1.00. The van der Waals surface area contributed by atoms with E-state index < -0.39 is 0 Å². The van der Waals surface area contributed by atoms with E-state index in [0.29, 0.717) is 31.4 Å². The zero-order valence-electron chi connectivity index (χ0n) is 18.0. The molecule has 0 aliphatic heterocycles. The molecule has 0 heterocycles. The van der Waals surface area contributed by atoms with Gasteiger partial charge in [0.05, 0.1) is 6.10 Å². The van der Waals surface area contributed by atoms with Crippen molar-refractivity contribution in [2.24, 2.45) is 46.3 Å². The van der Waals surface area contributed by atoms with Crippen LogP contribution in [-0.2, 0) is 4.57 Å². The van der Waals surface area contributed by atoms with E-state index in [1.165, 1.54) is 44.9 Å². The van der Waals surface area contributed by atoms with Gasteiger partial charge in [-0.15, -0.1) is 0 Å². The number of aliphatic hydroxyl groups is 1. The molecule has 154 valence electrons. The molecule has 0 saturated heterocycles. The van der Waals surface area contributed by atoms with Crippen LogP contribution in [0.15, 0.2) is 0 Å². The van der Waals surface area contributed by atoms with E-state index in [0.717, 1.165) is 42.9 Å². The monoisotopic (exact) mass is 392 g/mol. The van der Waals surface area contributed by atoms with Crippen LogP contribution in [0.25, 0.3) is 0 Å². The predicted octanol–water partition coefficient (Wildman–Crippen LogP) is 6.71. The van der Waals surface area contributed by atoms with Crippen molar-refractivity contribution in [3.8, 4) is 0 Å². The molecule has 4 unspecified atom stereocenters. The van der Waals surface area contributed by atoms with Crippen LogP contribution in [0.3, 0.4) is 0 Å². The summed E-state index contributed by atoms with van der Waals surface area (Å²) in [6.45, 7) is 9.75. The molecule has 0 aromatic heterocycles. The number of fused-ring (bicyclic) bond motifs is 5. The van der Waals surface area contributed by atoms with Crippen LogP contribution >= 0.6 is 8.46 Å². The van der Waals surface area contributed by atoms with Crippen molar-refractivity contribution in [2.45, 2.75) is 104 Å². The van der Waals surface area contributed by atoms with Gasteiger partial charge < -0.3 is 5.11 Å². The lowest BCUT2D eigenvalue weighted by atomic mass is 9.44. The summed E-state index contributed by atoms with van der Waals surface area (Å²) in [5, 5.41) is 11.5. The summed E-state index contributed by atoms with van der Waals surface area (Å²) in [6, 6.07) is 0. The van der Waals surface area contributed by atoms with Crippen LogP contribution in [0.1, 0.15) is 91.9 Å². The first-order chi connectivity index (χ1) is 12.9. The Bertz CT molecular complexity index is 565. The third-order valence-corrected chi connectivity index (χ3v) is 11.2. The Morgan fingerprint density at radius 1 is 1.07 bits per heavy atom. The van der Waals surface area contributed by atoms with Crippen LogP contribution in [0, 0.1) is 46.3 Å². The Labute approximate surface area is 168 Å². The van der Waals surface area contributed by atoms with Crippen LogP contribution in [0.5, 0.6) is 0 Å². The zero-order chi connectivity index (χ0) is 19.4. The van der Waals surface area contributed by atoms with Gasteiger partial charge in [-0.1, -0.05) is 40.5 Å². The Hall–Kier alpha value is 0.0600. The van der Waals surface area contributed by atoms with Gasteiger partial charge in [-0.3, -0.25) is 4.57 Å². The Balaban J connectivity index is 1.60. The predicted molar refractivity (Wildman–Crippen MR) is 112 cm³/mol. The molecular weight excluding hydrogens is 351 g/mol. The van der Waals surface area contributed by atoms with Gasteiger partial charge in [-0.2, -0.15) is 0 Å². The molecule has 0 amide bonds. The molecule has 4 aliphatic carbocycles. The molecule has 4 rings (SSSR count). The molecule has 0 aromatic rings. The Morgan fingerprint density at radius 2 is 1.85 bits per heavy atom. The molecule has 0 aromatic carbocycles. The molecule has 1 N–H and O–H groups in total. The van der Waals surface area contributed by atoms with Crippen molar-refractivity contribution in [1.29, 1.82) is 0 Å². The second-order valence-electron chi connectivity index (χ2n) is 11.3. The first-order valence-corrected chi connectivity index (χ1v) is 12.7. The van der Waals surface area contributed by atoms with E-state index in [1.807, 2.05) is 0 Å². The van der Waals surface area contributed by atoms with Crippen LogP contribution in [-0.4, -0.2) is 16.9 Å². The maximum absolute atomic E-state index is 11.5. The molecule has 2 nitrogen and oxygen atoms in total. The summed E-state index contributed by atoms with van der Waals surface area (Å²) < 4.78 is 11.5. The topological polar surface area (TPSA) is 37.3 Å². The Morgan fingerprint density at radius 3 is 2.56 bits per heavy atom. The van der Waals surface area contributed by atoms with Gasteiger partial charge in [0.1, 0.15) is 0 Å².